The summed E-state index contributed by atoms with van der Waals surface area (Å²) < 4.78 is 6.50. The molecule has 0 bridgehead atoms. The van der Waals surface area contributed by atoms with Gasteiger partial charge in [-0.2, -0.15) is 0 Å². The van der Waals surface area contributed by atoms with Crippen molar-refractivity contribution >= 4 is 35.0 Å². The maximum absolute atomic E-state index is 12.5. The number of hydrogen-bond donors (Lipinski definition) is 2. The van der Waals surface area contributed by atoms with E-state index in [1.54, 1.807) is 32.0 Å². The first kappa shape index (κ1) is 18.9. The van der Waals surface area contributed by atoms with Crippen LogP contribution < -0.4 is 10.9 Å². The van der Waals surface area contributed by atoms with Gasteiger partial charge in [0.2, 0.25) is 0 Å². The van der Waals surface area contributed by atoms with Crippen LogP contribution in [-0.2, 0) is 16.1 Å². The van der Waals surface area contributed by atoms with Gasteiger partial charge >= 0.3 is 5.97 Å². The highest BCUT2D eigenvalue weighted by Crippen LogP contribution is 2.15. The number of carbonyl (C=O) groups is 2. The maximum atomic E-state index is 12.5. The number of amides is 1. The predicted octanol–water partition coefficient (Wildman–Crippen LogP) is 2.15. The molecule has 8 heteroatoms. The van der Waals surface area contributed by atoms with Crippen LogP contribution in [0.4, 0.5) is 0 Å². The van der Waals surface area contributed by atoms with Crippen molar-refractivity contribution in [3.8, 4) is 0 Å². The molecule has 0 fully saturated rings. The molecule has 1 amide bonds. The van der Waals surface area contributed by atoms with Crippen LogP contribution in [0.15, 0.2) is 23.0 Å². The zero-order valence-electron chi connectivity index (χ0n) is 14.6. The van der Waals surface area contributed by atoms with Crippen LogP contribution in [0, 0.1) is 4.77 Å². The standard InChI is InChI=1S/C17H21N3O4S/c1-5-17(3,15(23)24-4)19-13(21)10-7-8-11-12(9-10)18-16(25)20(6-2)14(11)22/h7-9H,5-6H2,1-4H3,(H,18,25)(H,19,21)/t17-/m0/s1. The lowest BCUT2D eigenvalue weighted by molar-refractivity contribution is -0.147. The van der Waals surface area contributed by atoms with Crippen molar-refractivity contribution in [2.45, 2.75) is 39.3 Å². The number of fused-ring (bicyclic) bond motifs is 1. The molecule has 0 unspecified atom stereocenters. The first-order chi connectivity index (χ1) is 11.8. The summed E-state index contributed by atoms with van der Waals surface area (Å²) in [5.41, 5.74) is -0.542. The van der Waals surface area contributed by atoms with Crippen molar-refractivity contribution in [3.63, 3.8) is 0 Å². The Bertz CT molecular complexity index is 947. The Labute approximate surface area is 150 Å². The Morgan fingerprint density at radius 1 is 1.36 bits per heavy atom. The molecule has 0 aliphatic rings. The molecule has 1 aromatic carbocycles. The molecule has 0 radical (unpaired) electrons. The fourth-order valence-corrected chi connectivity index (χ4v) is 2.84. The zero-order valence-corrected chi connectivity index (χ0v) is 15.5. The average Bonchev–Trinajstić information content (AvgIpc) is 2.60. The van der Waals surface area contributed by atoms with Crippen molar-refractivity contribution in [2.24, 2.45) is 0 Å². The van der Waals surface area contributed by atoms with Crippen LogP contribution in [0.2, 0.25) is 0 Å². The Balaban J connectivity index is 2.45. The molecule has 1 atom stereocenters. The Morgan fingerprint density at radius 3 is 2.60 bits per heavy atom. The van der Waals surface area contributed by atoms with E-state index in [0.29, 0.717) is 34.2 Å². The minimum absolute atomic E-state index is 0.207. The molecule has 0 spiro atoms. The van der Waals surface area contributed by atoms with E-state index in [0.717, 1.165) is 0 Å². The summed E-state index contributed by atoms with van der Waals surface area (Å²) in [6, 6.07) is 4.67. The molecule has 7 nitrogen and oxygen atoms in total. The second kappa shape index (κ2) is 7.18. The molecule has 2 N–H and O–H groups in total. The molecular formula is C17H21N3O4S. The summed E-state index contributed by atoms with van der Waals surface area (Å²) in [6.07, 6.45) is 0.378. The quantitative estimate of drug-likeness (QED) is 0.627. The summed E-state index contributed by atoms with van der Waals surface area (Å²) in [6.45, 7) is 5.67. The van der Waals surface area contributed by atoms with Crippen LogP contribution >= 0.6 is 12.2 Å². The van der Waals surface area contributed by atoms with E-state index in [9.17, 15) is 14.4 Å². The van der Waals surface area contributed by atoms with Gasteiger partial charge in [0.25, 0.3) is 11.5 Å². The number of nitrogens with zero attached hydrogens (tertiary/aromatic N) is 1. The summed E-state index contributed by atoms with van der Waals surface area (Å²) in [5, 5.41) is 3.13. The van der Waals surface area contributed by atoms with Gasteiger partial charge in [0.05, 0.1) is 18.0 Å². The number of aromatic nitrogens is 2. The van der Waals surface area contributed by atoms with E-state index in [4.69, 9.17) is 17.0 Å². The zero-order chi connectivity index (χ0) is 18.8. The molecule has 0 aliphatic carbocycles. The van der Waals surface area contributed by atoms with Gasteiger partial charge in [-0.3, -0.25) is 14.2 Å². The third-order valence-electron chi connectivity index (χ3n) is 4.29. The first-order valence-corrected chi connectivity index (χ1v) is 8.36. The van der Waals surface area contributed by atoms with Crippen LogP contribution in [0.25, 0.3) is 10.9 Å². The monoisotopic (exact) mass is 363 g/mol. The number of methoxy groups -OCH3 is 1. The van der Waals surface area contributed by atoms with Gasteiger partial charge in [-0.05, 0) is 50.7 Å². The van der Waals surface area contributed by atoms with Gasteiger partial charge < -0.3 is 15.0 Å². The smallest absolute Gasteiger partial charge is 0.331 e. The third-order valence-corrected chi connectivity index (χ3v) is 4.62. The minimum atomic E-state index is -1.13. The fraction of sp³-hybridized carbons (Fsp3) is 0.412. The van der Waals surface area contributed by atoms with Gasteiger partial charge in [0, 0.05) is 12.1 Å². The Morgan fingerprint density at radius 2 is 2.04 bits per heavy atom. The van der Waals surface area contributed by atoms with Gasteiger partial charge in [0.1, 0.15) is 5.54 Å². The summed E-state index contributed by atoms with van der Waals surface area (Å²) >= 11 is 5.18. The van der Waals surface area contributed by atoms with E-state index < -0.39 is 17.4 Å². The van der Waals surface area contributed by atoms with Crippen molar-refractivity contribution in [2.75, 3.05) is 7.11 Å². The Kier molecular flexibility index (Phi) is 5.42. The van der Waals surface area contributed by atoms with Gasteiger partial charge in [-0.15, -0.1) is 0 Å². The average molecular weight is 363 g/mol. The highest BCUT2D eigenvalue weighted by Gasteiger charge is 2.34. The normalized spacial score (nSPS) is 13.3. The molecule has 134 valence electrons. The number of aromatic amines is 1. The van der Waals surface area contributed by atoms with Crippen LogP contribution in [0.3, 0.4) is 0 Å². The van der Waals surface area contributed by atoms with Gasteiger partial charge in [-0.25, -0.2) is 4.79 Å². The molecule has 1 aromatic heterocycles. The molecule has 0 aliphatic heterocycles. The molecule has 0 saturated carbocycles. The number of nitrogens with one attached hydrogen (secondary N) is 2. The van der Waals surface area contributed by atoms with Crippen LogP contribution in [0.1, 0.15) is 37.6 Å². The number of benzene rings is 1. The minimum Gasteiger partial charge on any atom is -0.467 e. The van der Waals surface area contributed by atoms with Gasteiger partial charge in [-0.1, -0.05) is 6.92 Å². The van der Waals surface area contributed by atoms with E-state index in [1.165, 1.54) is 11.7 Å². The maximum Gasteiger partial charge on any atom is 0.331 e. The molecule has 0 saturated heterocycles. The van der Waals surface area contributed by atoms with Crippen molar-refractivity contribution < 1.29 is 14.3 Å². The van der Waals surface area contributed by atoms with Crippen LogP contribution in [-0.4, -0.2) is 34.1 Å². The van der Waals surface area contributed by atoms with E-state index in [-0.39, 0.29) is 5.56 Å². The highest BCUT2D eigenvalue weighted by molar-refractivity contribution is 7.71. The lowest BCUT2D eigenvalue weighted by Gasteiger charge is -2.26. The second-order valence-electron chi connectivity index (χ2n) is 5.87. The van der Waals surface area contributed by atoms with Crippen molar-refractivity contribution in [1.82, 2.24) is 14.9 Å². The molecule has 1 heterocycles. The summed E-state index contributed by atoms with van der Waals surface area (Å²) in [7, 11) is 1.28. The number of H-pyrrole nitrogens is 1. The van der Waals surface area contributed by atoms with Crippen LogP contribution in [0.5, 0.6) is 0 Å². The number of esters is 1. The Hall–Kier alpha value is -2.48. The molecular weight excluding hydrogens is 342 g/mol. The molecule has 2 rings (SSSR count). The molecule has 2 aromatic rings. The number of rotatable bonds is 5. The number of hydrogen-bond acceptors (Lipinski definition) is 5. The fourth-order valence-electron chi connectivity index (χ4n) is 2.51. The summed E-state index contributed by atoms with van der Waals surface area (Å²) in [5.74, 6) is -0.954. The first-order valence-electron chi connectivity index (χ1n) is 7.95. The largest absolute Gasteiger partial charge is 0.467 e. The van der Waals surface area contributed by atoms with Crippen molar-refractivity contribution in [3.05, 3.63) is 38.9 Å². The van der Waals surface area contributed by atoms with Crippen molar-refractivity contribution in [1.29, 1.82) is 0 Å². The SMILES string of the molecule is CCn1c(=S)[nH]c2cc(C(=O)N[C@@](C)(CC)C(=O)OC)ccc2c1=O. The summed E-state index contributed by atoms with van der Waals surface area (Å²) in [4.78, 5) is 39.8. The molecule has 25 heavy (non-hydrogen) atoms. The topological polar surface area (TPSA) is 93.2 Å². The number of ether oxygens (including phenoxy) is 1. The highest BCUT2D eigenvalue weighted by atomic mass is 32.1. The lowest BCUT2D eigenvalue weighted by Crippen LogP contribution is -2.52. The van der Waals surface area contributed by atoms with E-state index >= 15 is 0 Å². The lowest BCUT2D eigenvalue weighted by atomic mass is 9.98. The third kappa shape index (κ3) is 3.48. The van der Waals surface area contributed by atoms with Gasteiger partial charge in [0.15, 0.2) is 4.77 Å². The predicted molar refractivity (Wildman–Crippen MR) is 97.2 cm³/mol. The second-order valence-corrected chi connectivity index (χ2v) is 6.26. The van der Waals surface area contributed by atoms with E-state index in [1.807, 2.05) is 6.92 Å². The van der Waals surface area contributed by atoms with E-state index in [2.05, 4.69) is 10.3 Å². The number of carbonyl (C=O) groups excluding carboxylic acids is 2.